The largest absolute Gasteiger partial charge is 0.484 e. The van der Waals surface area contributed by atoms with E-state index in [-0.39, 0.29) is 18.6 Å². The minimum absolute atomic E-state index is 0.00715. The molecule has 6 heteroatoms. The summed E-state index contributed by atoms with van der Waals surface area (Å²) in [5.41, 5.74) is 2.05. The number of thiazole rings is 1. The number of nitrogens with one attached hydrogen (secondary N) is 1. The second kappa shape index (κ2) is 7.85. The van der Waals surface area contributed by atoms with Gasteiger partial charge in [-0.05, 0) is 49.2 Å². The van der Waals surface area contributed by atoms with Gasteiger partial charge in [0.1, 0.15) is 10.8 Å². The van der Waals surface area contributed by atoms with Crippen LogP contribution in [0.25, 0.3) is 20.8 Å². The van der Waals surface area contributed by atoms with E-state index in [1.54, 1.807) is 11.3 Å². The number of benzene rings is 2. The maximum Gasteiger partial charge on any atom is 0.258 e. The Labute approximate surface area is 156 Å². The zero-order chi connectivity index (χ0) is 17.8. The zero-order valence-electron chi connectivity index (χ0n) is 14.3. The first kappa shape index (κ1) is 17.0. The van der Waals surface area contributed by atoms with Gasteiger partial charge in [-0.3, -0.25) is 4.79 Å². The van der Waals surface area contributed by atoms with Gasteiger partial charge in [-0.25, -0.2) is 4.98 Å². The van der Waals surface area contributed by atoms with Gasteiger partial charge in [0.05, 0.1) is 16.3 Å². The maximum absolute atomic E-state index is 11.9. The molecule has 0 unspecified atom stereocenters. The van der Waals surface area contributed by atoms with Crippen molar-refractivity contribution in [3.63, 3.8) is 0 Å². The molecule has 1 aliphatic heterocycles. The van der Waals surface area contributed by atoms with Gasteiger partial charge in [-0.1, -0.05) is 12.1 Å². The predicted molar refractivity (Wildman–Crippen MR) is 103 cm³/mol. The van der Waals surface area contributed by atoms with Gasteiger partial charge < -0.3 is 14.8 Å². The summed E-state index contributed by atoms with van der Waals surface area (Å²) in [5.74, 6) is 0.540. The van der Waals surface area contributed by atoms with E-state index in [9.17, 15) is 4.79 Å². The molecule has 1 aromatic heterocycles. The van der Waals surface area contributed by atoms with E-state index in [1.165, 1.54) is 4.70 Å². The van der Waals surface area contributed by atoms with Crippen LogP contribution < -0.4 is 10.1 Å². The van der Waals surface area contributed by atoms with Crippen LogP contribution in [0, 0.1) is 0 Å². The van der Waals surface area contributed by atoms with Crippen LogP contribution in [-0.4, -0.2) is 36.8 Å². The number of fused-ring (bicyclic) bond motifs is 1. The third-order valence-corrected chi connectivity index (χ3v) is 5.40. The van der Waals surface area contributed by atoms with Gasteiger partial charge in [0.2, 0.25) is 0 Å². The monoisotopic (exact) mass is 368 g/mol. The number of para-hydroxylation sites is 1. The molecule has 1 fully saturated rings. The molecule has 134 valence electrons. The number of carbonyl (C=O) groups is 1. The van der Waals surface area contributed by atoms with Crippen molar-refractivity contribution >= 4 is 27.5 Å². The Morgan fingerprint density at radius 3 is 2.85 bits per heavy atom. The number of amides is 1. The van der Waals surface area contributed by atoms with E-state index in [4.69, 9.17) is 9.47 Å². The van der Waals surface area contributed by atoms with Gasteiger partial charge >= 0.3 is 0 Å². The fourth-order valence-electron chi connectivity index (χ4n) is 2.92. The van der Waals surface area contributed by atoms with E-state index >= 15 is 0 Å². The second-order valence-corrected chi connectivity index (χ2v) is 7.27. The molecule has 0 bridgehead atoms. The first-order valence-corrected chi connectivity index (χ1v) is 9.57. The number of rotatable bonds is 6. The Morgan fingerprint density at radius 2 is 2.08 bits per heavy atom. The van der Waals surface area contributed by atoms with Crippen LogP contribution in [-0.2, 0) is 9.53 Å². The van der Waals surface area contributed by atoms with Crippen LogP contribution in [0.5, 0.6) is 5.75 Å². The van der Waals surface area contributed by atoms with E-state index in [0.717, 1.165) is 35.5 Å². The number of nitrogens with zero attached hydrogens (tertiary/aromatic N) is 1. The summed E-state index contributed by atoms with van der Waals surface area (Å²) < 4.78 is 12.2. The van der Waals surface area contributed by atoms with Crippen LogP contribution in [0.2, 0.25) is 0 Å². The molecular weight excluding hydrogens is 348 g/mol. The second-order valence-electron chi connectivity index (χ2n) is 6.24. The number of ether oxygens (including phenoxy) is 2. The Bertz CT molecular complexity index is 852. The highest BCUT2D eigenvalue weighted by Gasteiger charge is 2.16. The van der Waals surface area contributed by atoms with Crippen LogP contribution >= 0.6 is 11.3 Å². The fraction of sp³-hybridized carbons (Fsp3) is 0.300. The molecule has 4 rings (SSSR count). The van der Waals surface area contributed by atoms with Crippen molar-refractivity contribution in [3.05, 3.63) is 48.5 Å². The molecule has 0 spiro atoms. The normalized spacial score (nSPS) is 16.7. The fourth-order valence-corrected chi connectivity index (χ4v) is 3.89. The quantitative estimate of drug-likeness (QED) is 0.722. The van der Waals surface area contributed by atoms with E-state index in [1.807, 2.05) is 42.5 Å². The summed E-state index contributed by atoms with van der Waals surface area (Å²) in [4.78, 5) is 16.5. The Kier molecular flexibility index (Phi) is 5.13. The van der Waals surface area contributed by atoms with Crippen molar-refractivity contribution in [3.8, 4) is 16.3 Å². The third kappa shape index (κ3) is 4.03. The molecule has 1 N–H and O–H groups in total. The average molecular weight is 368 g/mol. The third-order valence-electron chi connectivity index (χ3n) is 4.32. The SMILES string of the molecule is O=C(COc1ccc(-c2nc3ccccc3s2)cc1)NC[C@@H]1CCCO1. The zero-order valence-corrected chi connectivity index (χ0v) is 15.1. The Hall–Kier alpha value is -2.44. The lowest BCUT2D eigenvalue weighted by Crippen LogP contribution is -2.35. The van der Waals surface area contributed by atoms with Crippen molar-refractivity contribution < 1.29 is 14.3 Å². The highest BCUT2D eigenvalue weighted by atomic mass is 32.1. The lowest BCUT2D eigenvalue weighted by atomic mass is 10.2. The van der Waals surface area contributed by atoms with Crippen molar-refractivity contribution in [1.29, 1.82) is 0 Å². The predicted octanol–water partition coefficient (Wildman–Crippen LogP) is 3.64. The van der Waals surface area contributed by atoms with Gasteiger partial charge in [-0.15, -0.1) is 11.3 Å². The van der Waals surface area contributed by atoms with Crippen LogP contribution in [0.3, 0.4) is 0 Å². The Morgan fingerprint density at radius 1 is 1.23 bits per heavy atom. The van der Waals surface area contributed by atoms with E-state index < -0.39 is 0 Å². The molecule has 26 heavy (non-hydrogen) atoms. The number of aromatic nitrogens is 1. The lowest BCUT2D eigenvalue weighted by molar-refractivity contribution is -0.123. The molecule has 1 aliphatic rings. The van der Waals surface area contributed by atoms with Crippen molar-refractivity contribution in [2.24, 2.45) is 0 Å². The highest BCUT2D eigenvalue weighted by molar-refractivity contribution is 7.21. The molecule has 5 nitrogen and oxygen atoms in total. The summed E-state index contributed by atoms with van der Waals surface area (Å²) in [7, 11) is 0. The molecule has 0 saturated carbocycles. The number of carbonyl (C=O) groups excluding carboxylic acids is 1. The molecule has 2 heterocycles. The first-order valence-electron chi connectivity index (χ1n) is 8.75. The average Bonchev–Trinajstić information content (AvgIpc) is 3.34. The first-order chi connectivity index (χ1) is 12.8. The van der Waals surface area contributed by atoms with E-state index in [0.29, 0.717) is 12.3 Å². The smallest absolute Gasteiger partial charge is 0.258 e. The molecule has 1 saturated heterocycles. The van der Waals surface area contributed by atoms with Gasteiger partial charge in [0.15, 0.2) is 6.61 Å². The molecule has 1 amide bonds. The van der Waals surface area contributed by atoms with Crippen LogP contribution in [0.4, 0.5) is 0 Å². The van der Waals surface area contributed by atoms with Crippen molar-refractivity contribution in [2.75, 3.05) is 19.8 Å². The van der Waals surface area contributed by atoms with E-state index in [2.05, 4.69) is 16.4 Å². The summed E-state index contributed by atoms with van der Waals surface area (Å²) in [6.45, 7) is 1.35. The summed E-state index contributed by atoms with van der Waals surface area (Å²) in [6.07, 6.45) is 2.22. The molecule has 0 radical (unpaired) electrons. The van der Waals surface area contributed by atoms with Gasteiger partial charge in [-0.2, -0.15) is 0 Å². The van der Waals surface area contributed by atoms with Crippen molar-refractivity contribution in [1.82, 2.24) is 10.3 Å². The summed E-state index contributed by atoms with van der Waals surface area (Å²) >= 11 is 1.67. The van der Waals surface area contributed by atoms with Crippen LogP contribution in [0.1, 0.15) is 12.8 Å². The molecular formula is C20H20N2O3S. The molecule has 3 aromatic rings. The maximum atomic E-state index is 11.9. The minimum Gasteiger partial charge on any atom is -0.484 e. The van der Waals surface area contributed by atoms with Gasteiger partial charge in [0.25, 0.3) is 5.91 Å². The lowest BCUT2D eigenvalue weighted by Gasteiger charge is -2.11. The molecule has 1 atom stereocenters. The Balaban J connectivity index is 1.31. The van der Waals surface area contributed by atoms with Crippen molar-refractivity contribution in [2.45, 2.75) is 18.9 Å². The topological polar surface area (TPSA) is 60.5 Å². The van der Waals surface area contributed by atoms with Gasteiger partial charge in [0, 0.05) is 18.7 Å². The standard InChI is InChI=1S/C20H20N2O3S/c23-19(21-12-16-4-3-11-24-16)13-25-15-9-7-14(8-10-15)20-22-17-5-1-2-6-18(17)26-20/h1-2,5-10,16H,3-4,11-13H2,(H,21,23)/t16-/m0/s1. The number of hydrogen-bond donors (Lipinski definition) is 1. The minimum atomic E-state index is -0.129. The summed E-state index contributed by atoms with van der Waals surface area (Å²) in [6, 6.07) is 15.8. The molecule has 2 aromatic carbocycles. The molecule has 0 aliphatic carbocycles. The highest BCUT2D eigenvalue weighted by Crippen LogP contribution is 2.30. The summed E-state index contributed by atoms with van der Waals surface area (Å²) in [5, 5.41) is 3.83. The van der Waals surface area contributed by atoms with Crippen LogP contribution in [0.15, 0.2) is 48.5 Å². The number of hydrogen-bond acceptors (Lipinski definition) is 5.